The molecule has 0 bridgehead atoms. The molecular weight excluding hydrogens is 280 g/mol. The van der Waals surface area contributed by atoms with E-state index in [0.717, 1.165) is 5.56 Å². The molecule has 0 aliphatic carbocycles. The zero-order chi connectivity index (χ0) is 13.9. The molecule has 4 nitrogen and oxygen atoms in total. The Labute approximate surface area is 120 Å². The van der Waals surface area contributed by atoms with Crippen molar-refractivity contribution in [1.29, 1.82) is 0 Å². The molecule has 1 aliphatic rings. The molecule has 0 saturated carbocycles. The smallest absolute Gasteiger partial charge is 0.216 e. The van der Waals surface area contributed by atoms with Gasteiger partial charge in [-0.1, -0.05) is 34.5 Å². The Balaban J connectivity index is 1.84. The highest BCUT2D eigenvalue weighted by atomic mass is 32.3. The van der Waals surface area contributed by atoms with Crippen LogP contribution in [0.2, 0.25) is 0 Å². The minimum Gasteiger partial charge on any atom is -0.359 e. The third kappa shape index (κ3) is 4.26. The first-order valence-electron chi connectivity index (χ1n) is 6.21. The summed E-state index contributed by atoms with van der Waals surface area (Å²) in [5.41, 5.74) is 0.765. The van der Waals surface area contributed by atoms with Crippen molar-refractivity contribution in [3.05, 3.63) is 35.9 Å². The lowest BCUT2D eigenvalue weighted by atomic mass is 10.0. The minimum atomic E-state index is -2.67. The van der Waals surface area contributed by atoms with Gasteiger partial charge in [-0.15, -0.1) is 0 Å². The van der Waals surface area contributed by atoms with Gasteiger partial charge in [0.1, 0.15) is 5.75 Å². The van der Waals surface area contributed by atoms with Crippen LogP contribution in [0.5, 0.6) is 0 Å². The first kappa shape index (κ1) is 14.4. The fraction of sp³-hybridized carbons (Fsp3) is 0.462. The van der Waals surface area contributed by atoms with Gasteiger partial charge in [0, 0.05) is 13.0 Å². The zero-order valence-electron chi connectivity index (χ0n) is 10.9. The van der Waals surface area contributed by atoms with Crippen molar-refractivity contribution in [2.24, 2.45) is 0 Å². The minimum absolute atomic E-state index is 0.257. The van der Waals surface area contributed by atoms with Crippen molar-refractivity contribution >= 4 is 27.5 Å². The average Bonchev–Trinajstić information content (AvgIpc) is 2.62. The molecule has 1 aliphatic heterocycles. The van der Waals surface area contributed by atoms with Crippen LogP contribution in [0.15, 0.2) is 30.3 Å². The van der Waals surface area contributed by atoms with E-state index in [-0.39, 0.29) is 11.3 Å². The number of nitrogens with one attached hydrogen (secondary N) is 2. The maximum absolute atomic E-state index is 11.6. The molecular formula is C13H19N2O2S2+. The van der Waals surface area contributed by atoms with E-state index in [0.29, 0.717) is 23.8 Å². The van der Waals surface area contributed by atoms with Crippen LogP contribution in [0.25, 0.3) is 0 Å². The molecule has 104 valence electrons. The zero-order valence-corrected chi connectivity index (χ0v) is 12.5. The third-order valence-corrected chi connectivity index (χ3v) is 5.40. The second-order valence-electron chi connectivity index (χ2n) is 5.22. The predicted octanol–water partition coefficient (Wildman–Crippen LogP) is 1.79. The van der Waals surface area contributed by atoms with Gasteiger partial charge in [-0.2, -0.15) is 4.55 Å². The van der Waals surface area contributed by atoms with Crippen LogP contribution in [0.4, 0.5) is 0 Å². The molecule has 1 unspecified atom stereocenters. The SMILES string of the molecule is C[C@@]1(NC(=S)NCc2ccccc2)CC[S+](=O)(O)C1. The largest absolute Gasteiger partial charge is 0.359 e. The van der Waals surface area contributed by atoms with Crippen LogP contribution in [-0.4, -0.2) is 26.7 Å². The lowest BCUT2D eigenvalue weighted by Gasteiger charge is -2.23. The highest BCUT2D eigenvalue weighted by molar-refractivity contribution is 7.98. The van der Waals surface area contributed by atoms with Crippen LogP contribution in [0, 0.1) is 0 Å². The molecule has 1 fully saturated rings. The van der Waals surface area contributed by atoms with Gasteiger partial charge in [0.25, 0.3) is 0 Å². The van der Waals surface area contributed by atoms with Crippen LogP contribution in [-0.2, 0) is 21.0 Å². The van der Waals surface area contributed by atoms with E-state index in [1.807, 2.05) is 37.3 Å². The second-order valence-corrected chi connectivity index (χ2v) is 7.88. The van der Waals surface area contributed by atoms with Crippen LogP contribution in [0.3, 0.4) is 0 Å². The van der Waals surface area contributed by atoms with E-state index in [1.165, 1.54) is 0 Å². The number of hydrogen-bond donors (Lipinski definition) is 3. The van der Waals surface area contributed by atoms with Crippen molar-refractivity contribution in [3.63, 3.8) is 0 Å². The summed E-state index contributed by atoms with van der Waals surface area (Å²) < 4.78 is 21.2. The van der Waals surface area contributed by atoms with Crippen molar-refractivity contribution in [2.45, 2.75) is 25.4 Å². The molecule has 2 atom stereocenters. The van der Waals surface area contributed by atoms with Crippen LogP contribution >= 0.6 is 12.2 Å². The molecule has 2 rings (SSSR count). The number of benzene rings is 1. The molecule has 0 aromatic heterocycles. The molecule has 6 heteroatoms. The van der Waals surface area contributed by atoms with Gasteiger partial charge >= 0.3 is 0 Å². The number of rotatable bonds is 3. The standard InChI is InChI=1S/C13H18N2O2S2/c1-13(7-8-19(16,17)10-13)15-12(18)14-9-11-5-3-2-4-6-11/h2-6H,7-10H2,1H3,(H2-,14,15,16,17,18)/p+1/t13-/m1/s1. The molecule has 0 radical (unpaired) electrons. The summed E-state index contributed by atoms with van der Waals surface area (Å²) in [5, 5.41) is 6.82. The number of thiocarbonyl (C=S) groups is 1. The quantitative estimate of drug-likeness (QED) is 0.587. The van der Waals surface area contributed by atoms with Gasteiger partial charge in [0.05, 0.1) is 5.54 Å². The van der Waals surface area contributed by atoms with Gasteiger partial charge < -0.3 is 10.6 Å². The summed E-state index contributed by atoms with van der Waals surface area (Å²) >= 11 is 5.24. The summed E-state index contributed by atoms with van der Waals surface area (Å²) in [4.78, 5) is 0. The number of hydrogen-bond acceptors (Lipinski definition) is 2. The summed E-state index contributed by atoms with van der Waals surface area (Å²) in [6, 6.07) is 9.97. The van der Waals surface area contributed by atoms with Crippen molar-refractivity contribution < 1.29 is 8.76 Å². The van der Waals surface area contributed by atoms with Crippen LogP contribution < -0.4 is 10.6 Å². The Bertz CT molecular complexity index is 507. The normalized spacial score (nSPS) is 30.0. The van der Waals surface area contributed by atoms with Gasteiger partial charge in [0.15, 0.2) is 10.9 Å². The average molecular weight is 299 g/mol. The molecule has 1 saturated heterocycles. The van der Waals surface area contributed by atoms with Gasteiger partial charge in [0.2, 0.25) is 10.2 Å². The van der Waals surface area contributed by atoms with E-state index < -0.39 is 10.2 Å². The third-order valence-electron chi connectivity index (χ3n) is 3.23. The lowest BCUT2D eigenvalue weighted by molar-refractivity contribution is 0.461. The first-order valence-corrected chi connectivity index (χ1v) is 8.47. The summed E-state index contributed by atoms with van der Waals surface area (Å²) in [5.74, 6) is 0.602. The first-order chi connectivity index (χ1) is 8.89. The van der Waals surface area contributed by atoms with Crippen molar-refractivity contribution in [1.82, 2.24) is 10.6 Å². The highest BCUT2D eigenvalue weighted by Gasteiger charge is 2.47. The topological polar surface area (TPSA) is 61.4 Å². The lowest BCUT2D eigenvalue weighted by Crippen LogP contribution is -2.51. The van der Waals surface area contributed by atoms with Gasteiger partial charge in [-0.3, -0.25) is 0 Å². The molecule has 1 aromatic carbocycles. The molecule has 1 heterocycles. The maximum atomic E-state index is 11.6. The summed E-state index contributed by atoms with van der Waals surface area (Å²) in [7, 11) is -2.67. The Morgan fingerprint density at radius 1 is 1.47 bits per heavy atom. The molecule has 1 aromatic rings. The van der Waals surface area contributed by atoms with E-state index in [1.54, 1.807) is 0 Å². The molecule has 0 amide bonds. The Morgan fingerprint density at radius 2 is 2.16 bits per heavy atom. The second kappa shape index (κ2) is 5.56. The van der Waals surface area contributed by atoms with Gasteiger partial charge in [-0.25, -0.2) is 0 Å². The fourth-order valence-electron chi connectivity index (χ4n) is 2.22. The Hall–Kier alpha value is -0.980. The van der Waals surface area contributed by atoms with E-state index in [2.05, 4.69) is 10.6 Å². The van der Waals surface area contributed by atoms with E-state index >= 15 is 0 Å². The summed E-state index contributed by atoms with van der Waals surface area (Å²) in [6.45, 7) is 2.59. The molecule has 19 heavy (non-hydrogen) atoms. The molecule has 0 spiro atoms. The monoisotopic (exact) mass is 299 g/mol. The summed E-state index contributed by atoms with van der Waals surface area (Å²) in [6.07, 6.45) is 0.662. The van der Waals surface area contributed by atoms with Crippen molar-refractivity contribution in [3.8, 4) is 0 Å². The maximum Gasteiger partial charge on any atom is 0.216 e. The van der Waals surface area contributed by atoms with Gasteiger partial charge in [-0.05, 0) is 24.7 Å². The van der Waals surface area contributed by atoms with Crippen molar-refractivity contribution in [2.75, 3.05) is 11.5 Å². The van der Waals surface area contributed by atoms with E-state index in [9.17, 15) is 8.76 Å². The molecule has 3 N–H and O–H groups in total. The highest BCUT2D eigenvalue weighted by Crippen LogP contribution is 2.26. The van der Waals surface area contributed by atoms with E-state index in [4.69, 9.17) is 12.2 Å². The Kier molecular flexibility index (Phi) is 4.23. The van der Waals surface area contributed by atoms with Crippen LogP contribution in [0.1, 0.15) is 18.9 Å². The Morgan fingerprint density at radius 3 is 2.74 bits per heavy atom. The predicted molar refractivity (Wildman–Crippen MR) is 82.5 cm³/mol. The fourth-order valence-corrected chi connectivity index (χ4v) is 4.67.